The molecule has 0 bridgehead atoms. The summed E-state index contributed by atoms with van der Waals surface area (Å²) in [6, 6.07) is 10.5. The van der Waals surface area contributed by atoms with Crippen molar-refractivity contribution in [1.29, 1.82) is 0 Å². The van der Waals surface area contributed by atoms with Gasteiger partial charge in [-0.25, -0.2) is 8.42 Å². The highest BCUT2D eigenvalue weighted by atomic mass is 79.9. The molecule has 2 aromatic carbocycles. The zero-order chi connectivity index (χ0) is 22.3. The fourth-order valence-electron chi connectivity index (χ4n) is 2.63. The van der Waals surface area contributed by atoms with E-state index in [1.165, 1.54) is 14.2 Å². The minimum atomic E-state index is -3.33. The Morgan fingerprint density at radius 2 is 1.73 bits per heavy atom. The van der Waals surface area contributed by atoms with Crippen LogP contribution >= 0.6 is 15.9 Å². The Kier molecular flexibility index (Phi) is 8.24. The number of carbonyl (C=O) groups is 2. The van der Waals surface area contributed by atoms with Crippen LogP contribution in [-0.4, -0.2) is 52.5 Å². The van der Waals surface area contributed by atoms with E-state index in [9.17, 15) is 18.0 Å². The van der Waals surface area contributed by atoms with E-state index in [1.54, 1.807) is 42.5 Å². The van der Waals surface area contributed by atoms with Gasteiger partial charge in [-0.3, -0.25) is 9.59 Å². The van der Waals surface area contributed by atoms with Gasteiger partial charge in [0.15, 0.2) is 11.5 Å². The van der Waals surface area contributed by atoms with E-state index in [0.717, 1.165) is 6.26 Å². The van der Waals surface area contributed by atoms with Crippen molar-refractivity contribution >= 4 is 43.3 Å². The first-order chi connectivity index (χ1) is 14.1. The third-order valence-corrected chi connectivity index (χ3v) is 5.84. The molecule has 0 aliphatic heterocycles. The summed E-state index contributed by atoms with van der Waals surface area (Å²) in [5.74, 6) is -0.394. The molecular weight excluding hydrogens is 476 g/mol. The van der Waals surface area contributed by atoms with Gasteiger partial charge in [0.1, 0.15) is 15.9 Å². The lowest BCUT2D eigenvalue weighted by Crippen LogP contribution is -2.44. The summed E-state index contributed by atoms with van der Waals surface area (Å²) in [4.78, 5) is 25.5. The van der Waals surface area contributed by atoms with Crippen LogP contribution in [0.15, 0.2) is 46.9 Å². The number of halogens is 1. The molecule has 0 saturated heterocycles. The number of rotatable bonds is 9. The SMILES string of the molecule is COc1ccc(NC(=O)C(CCS(C)(=O)=O)NC(=O)c2ccccc2Br)cc1OC. The molecule has 0 aliphatic carbocycles. The van der Waals surface area contributed by atoms with Gasteiger partial charge in [0.2, 0.25) is 5.91 Å². The summed E-state index contributed by atoms with van der Waals surface area (Å²) in [6.45, 7) is 0. The smallest absolute Gasteiger partial charge is 0.253 e. The Hall–Kier alpha value is -2.59. The molecule has 2 N–H and O–H groups in total. The lowest BCUT2D eigenvalue weighted by Gasteiger charge is -2.19. The number of hydrogen-bond acceptors (Lipinski definition) is 6. The number of methoxy groups -OCH3 is 2. The van der Waals surface area contributed by atoms with Crippen molar-refractivity contribution in [2.45, 2.75) is 12.5 Å². The van der Waals surface area contributed by atoms with E-state index in [4.69, 9.17) is 9.47 Å². The second-order valence-corrected chi connectivity index (χ2v) is 9.60. The van der Waals surface area contributed by atoms with Crippen LogP contribution in [0.25, 0.3) is 0 Å². The van der Waals surface area contributed by atoms with Gasteiger partial charge >= 0.3 is 0 Å². The molecule has 0 fully saturated rings. The molecule has 8 nitrogen and oxygen atoms in total. The third kappa shape index (κ3) is 6.74. The molecule has 0 spiro atoms. The summed E-state index contributed by atoms with van der Waals surface area (Å²) in [5.41, 5.74) is 0.748. The van der Waals surface area contributed by atoms with Crippen LogP contribution in [0.2, 0.25) is 0 Å². The molecule has 1 unspecified atom stereocenters. The summed E-state index contributed by atoms with van der Waals surface area (Å²) in [6.07, 6.45) is 1.00. The van der Waals surface area contributed by atoms with Crippen LogP contribution in [0.3, 0.4) is 0 Å². The van der Waals surface area contributed by atoms with Gasteiger partial charge in [0.25, 0.3) is 5.91 Å². The van der Waals surface area contributed by atoms with Crippen molar-refractivity contribution in [3.8, 4) is 11.5 Å². The van der Waals surface area contributed by atoms with Crippen molar-refractivity contribution in [2.24, 2.45) is 0 Å². The number of amides is 2. The van der Waals surface area contributed by atoms with Crippen LogP contribution in [0.1, 0.15) is 16.8 Å². The predicted octanol–water partition coefficient (Wildman–Crippen LogP) is 2.64. The van der Waals surface area contributed by atoms with Crippen LogP contribution in [0, 0.1) is 0 Å². The van der Waals surface area contributed by atoms with Crippen molar-refractivity contribution in [2.75, 3.05) is 31.5 Å². The van der Waals surface area contributed by atoms with Gasteiger partial charge in [0.05, 0.1) is 25.5 Å². The van der Waals surface area contributed by atoms with Crippen molar-refractivity contribution in [3.05, 3.63) is 52.5 Å². The molecule has 2 aromatic rings. The normalized spacial score (nSPS) is 12.0. The largest absolute Gasteiger partial charge is 0.493 e. The molecule has 2 rings (SSSR count). The maximum atomic E-state index is 12.8. The van der Waals surface area contributed by atoms with Crippen LogP contribution in [0.4, 0.5) is 5.69 Å². The first-order valence-electron chi connectivity index (χ1n) is 8.90. The lowest BCUT2D eigenvalue weighted by atomic mass is 10.1. The zero-order valence-electron chi connectivity index (χ0n) is 16.8. The van der Waals surface area contributed by atoms with Crippen molar-refractivity contribution < 1.29 is 27.5 Å². The molecule has 2 amide bonds. The summed E-state index contributed by atoms with van der Waals surface area (Å²) < 4.78 is 34.1. The van der Waals surface area contributed by atoms with Gasteiger partial charge in [0, 0.05) is 22.5 Å². The predicted molar refractivity (Wildman–Crippen MR) is 118 cm³/mol. The maximum absolute atomic E-state index is 12.8. The molecule has 1 atom stereocenters. The molecule has 0 heterocycles. The zero-order valence-corrected chi connectivity index (χ0v) is 19.2. The molecule has 30 heavy (non-hydrogen) atoms. The number of anilines is 1. The minimum Gasteiger partial charge on any atom is -0.493 e. The Morgan fingerprint density at radius 3 is 2.33 bits per heavy atom. The summed E-state index contributed by atoms with van der Waals surface area (Å²) in [5, 5.41) is 5.30. The first-order valence-corrected chi connectivity index (χ1v) is 11.8. The lowest BCUT2D eigenvalue weighted by molar-refractivity contribution is -0.118. The number of hydrogen-bond donors (Lipinski definition) is 2. The number of sulfone groups is 1. The summed E-state index contributed by atoms with van der Waals surface area (Å²) >= 11 is 3.29. The fourth-order valence-corrected chi connectivity index (χ4v) is 3.75. The first kappa shape index (κ1) is 23.7. The number of benzene rings is 2. The molecule has 0 aliphatic rings. The Bertz CT molecular complexity index is 1030. The second-order valence-electron chi connectivity index (χ2n) is 6.48. The van der Waals surface area contributed by atoms with Crippen molar-refractivity contribution in [3.63, 3.8) is 0 Å². The van der Waals surface area contributed by atoms with E-state index in [1.807, 2.05) is 0 Å². The standard InChI is InChI=1S/C20H23BrN2O6S/c1-28-17-9-8-13(12-18(17)29-2)22-20(25)16(10-11-30(3,26)27)23-19(24)14-6-4-5-7-15(14)21/h4-9,12,16H,10-11H2,1-3H3,(H,22,25)(H,23,24). The maximum Gasteiger partial charge on any atom is 0.253 e. The minimum absolute atomic E-state index is 0.0752. The summed E-state index contributed by atoms with van der Waals surface area (Å²) in [7, 11) is -0.368. The van der Waals surface area contributed by atoms with E-state index >= 15 is 0 Å². The number of carbonyl (C=O) groups excluding carboxylic acids is 2. The van der Waals surface area contributed by atoms with Gasteiger partial charge < -0.3 is 20.1 Å². The molecule has 10 heteroatoms. The van der Waals surface area contributed by atoms with E-state index < -0.39 is 27.7 Å². The highest BCUT2D eigenvalue weighted by molar-refractivity contribution is 9.10. The van der Waals surface area contributed by atoms with Gasteiger partial charge in [-0.1, -0.05) is 12.1 Å². The fraction of sp³-hybridized carbons (Fsp3) is 0.300. The Balaban J connectivity index is 2.22. The number of nitrogens with one attached hydrogen (secondary N) is 2. The van der Waals surface area contributed by atoms with Crippen LogP contribution < -0.4 is 20.1 Å². The van der Waals surface area contributed by atoms with Gasteiger partial charge in [-0.2, -0.15) is 0 Å². The van der Waals surface area contributed by atoms with Crippen molar-refractivity contribution in [1.82, 2.24) is 5.32 Å². The monoisotopic (exact) mass is 498 g/mol. The molecule has 0 aromatic heterocycles. The van der Waals surface area contributed by atoms with Gasteiger partial charge in [-0.05, 0) is 46.6 Å². The van der Waals surface area contributed by atoms with E-state index in [2.05, 4.69) is 26.6 Å². The average molecular weight is 499 g/mol. The van der Waals surface area contributed by atoms with Crippen LogP contribution in [-0.2, 0) is 14.6 Å². The Morgan fingerprint density at radius 1 is 1.07 bits per heavy atom. The van der Waals surface area contributed by atoms with E-state index in [-0.39, 0.29) is 12.2 Å². The molecular formula is C20H23BrN2O6S. The highest BCUT2D eigenvalue weighted by Gasteiger charge is 2.24. The topological polar surface area (TPSA) is 111 Å². The van der Waals surface area contributed by atoms with E-state index in [0.29, 0.717) is 27.2 Å². The van der Waals surface area contributed by atoms with Gasteiger partial charge in [-0.15, -0.1) is 0 Å². The highest BCUT2D eigenvalue weighted by Crippen LogP contribution is 2.29. The quantitative estimate of drug-likeness (QED) is 0.549. The Labute approximate surface area is 184 Å². The average Bonchev–Trinajstić information content (AvgIpc) is 2.70. The molecule has 0 radical (unpaired) electrons. The number of ether oxygens (including phenoxy) is 2. The molecule has 162 valence electrons. The third-order valence-electron chi connectivity index (χ3n) is 4.17. The van der Waals surface area contributed by atoms with Crippen LogP contribution in [0.5, 0.6) is 11.5 Å². The second kappa shape index (κ2) is 10.4. The molecule has 0 saturated carbocycles.